The molecule has 0 aliphatic heterocycles. The van der Waals surface area contributed by atoms with E-state index in [-0.39, 0.29) is 10.8 Å². The maximum atomic E-state index is 6.73. The van der Waals surface area contributed by atoms with Crippen molar-refractivity contribution in [2.75, 3.05) is 4.90 Å². The zero-order valence-corrected chi connectivity index (χ0v) is 29.6. The molecule has 0 amide bonds. The first-order valence-corrected chi connectivity index (χ1v) is 17.7. The molecule has 0 bridgehead atoms. The Bertz CT molecular complexity index is 2540. The normalized spacial score (nSPS) is 15.6. The number of fused-ring (bicyclic) bond motifs is 7. The lowest BCUT2D eigenvalue weighted by Crippen LogP contribution is -2.17. The first kappa shape index (κ1) is 30.5. The zero-order chi connectivity index (χ0) is 34.4. The number of benzene rings is 6. The van der Waals surface area contributed by atoms with Crippen LogP contribution in [0.15, 0.2) is 150 Å². The van der Waals surface area contributed by atoms with Crippen LogP contribution in [0.5, 0.6) is 0 Å². The van der Waals surface area contributed by atoms with Gasteiger partial charge in [0.15, 0.2) is 0 Å². The van der Waals surface area contributed by atoms with Crippen molar-refractivity contribution < 1.29 is 4.42 Å². The largest absolute Gasteiger partial charge is 0.456 e. The maximum Gasteiger partial charge on any atom is 0.137 e. The van der Waals surface area contributed by atoms with E-state index in [0.29, 0.717) is 0 Å². The Kier molecular flexibility index (Phi) is 6.67. The highest BCUT2D eigenvalue weighted by Gasteiger charge is 2.37. The Morgan fingerprint density at radius 2 is 1.26 bits per heavy atom. The fourth-order valence-corrected chi connectivity index (χ4v) is 8.59. The highest BCUT2D eigenvalue weighted by Crippen LogP contribution is 2.53. The fraction of sp³-hybridized carbons (Fsp3) is 0.167. The van der Waals surface area contributed by atoms with Crippen LogP contribution in [0.25, 0.3) is 49.8 Å². The van der Waals surface area contributed by atoms with Gasteiger partial charge in [-0.2, -0.15) is 0 Å². The number of furan rings is 1. The predicted octanol–water partition coefficient (Wildman–Crippen LogP) is 13.7. The molecule has 0 saturated carbocycles. The molecule has 2 aliphatic carbocycles. The van der Waals surface area contributed by atoms with Crippen molar-refractivity contribution in [2.45, 2.75) is 52.4 Å². The van der Waals surface area contributed by atoms with E-state index in [4.69, 9.17) is 4.42 Å². The molecule has 0 unspecified atom stereocenters. The molecule has 2 aliphatic rings. The topological polar surface area (TPSA) is 16.4 Å². The van der Waals surface area contributed by atoms with E-state index >= 15 is 0 Å². The third-order valence-electron chi connectivity index (χ3n) is 11.6. The predicted molar refractivity (Wildman–Crippen MR) is 212 cm³/mol. The van der Waals surface area contributed by atoms with E-state index in [9.17, 15) is 0 Å². The van der Waals surface area contributed by atoms with Crippen molar-refractivity contribution in [3.8, 4) is 22.3 Å². The minimum atomic E-state index is -0.0936. The average molecular weight is 648 g/mol. The molecule has 244 valence electrons. The summed E-state index contributed by atoms with van der Waals surface area (Å²) in [5.74, 6) is 0. The average Bonchev–Trinajstić information content (AvgIpc) is 3.68. The van der Waals surface area contributed by atoms with Gasteiger partial charge in [0.2, 0.25) is 0 Å². The van der Waals surface area contributed by atoms with Gasteiger partial charge in [-0.25, -0.2) is 0 Å². The minimum Gasteiger partial charge on any atom is -0.456 e. The molecule has 9 rings (SSSR count). The first-order chi connectivity index (χ1) is 24.2. The second kappa shape index (κ2) is 11.0. The minimum absolute atomic E-state index is 0.0852. The van der Waals surface area contributed by atoms with Crippen molar-refractivity contribution in [1.29, 1.82) is 0 Å². The Balaban J connectivity index is 1.29. The van der Waals surface area contributed by atoms with E-state index in [0.717, 1.165) is 39.0 Å². The van der Waals surface area contributed by atoms with Gasteiger partial charge < -0.3 is 9.32 Å². The van der Waals surface area contributed by atoms with Gasteiger partial charge in [0, 0.05) is 27.6 Å². The van der Waals surface area contributed by atoms with Crippen LogP contribution < -0.4 is 4.90 Å². The van der Waals surface area contributed by atoms with Gasteiger partial charge in [-0.15, -0.1) is 0 Å². The molecule has 0 saturated heterocycles. The molecule has 0 spiro atoms. The third-order valence-corrected chi connectivity index (χ3v) is 11.6. The van der Waals surface area contributed by atoms with Gasteiger partial charge in [-0.3, -0.25) is 0 Å². The van der Waals surface area contributed by atoms with E-state index in [1.54, 1.807) is 0 Å². The van der Waals surface area contributed by atoms with Gasteiger partial charge in [-0.1, -0.05) is 124 Å². The standard InChI is InChI=1S/C48H41NO/c1-7-14-35-30(2)47(3,4)41-27-34(25-26-37(35)41)49(33-23-21-32(22-24-33)31-15-9-8-10-16-31)43-19-13-20-44-46(43)39-28-38-36-17-11-12-18-40(36)48(5,6)42(38)29-45(39)50-44/h7-29H,1-6H3/b14-7-. The summed E-state index contributed by atoms with van der Waals surface area (Å²) < 4.78 is 6.73. The van der Waals surface area contributed by atoms with E-state index < -0.39 is 0 Å². The number of anilines is 3. The van der Waals surface area contributed by atoms with Crippen LogP contribution in [-0.2, 0) is 10.8 Å². The van der Waals surface area contributed by atoms with Crippen molar-refractivity contribution in [2.24, 2.45) is 0 Å². The molecular weight excluding hydrogens is 607 g/mol. The summed E-state index contributed by atoms with van der Waals surface area (Å²) >= 11 is 0. The highest BCUT2D eigenvalue weighted by molar-refractivity contribution is 6.15. The molecule has 1 heterocycles. The summed E-state index contributed by atoms with van der Waals surface area (Å²) in [7, 11) is 0. The monoisotopic (exact) mass is 647 g/mol. The SMILES string of the molecule is C/C=C\C1=C(C)C(C)(C)c2cc(N(c3ccc(-c4ccccc4)cc3)c3cccc4oc5cc6c(cc5c34)-c3ccccc3C6(C)C)ccc21. The fourth-order valence-electron chi connectivity index (χ4n) is 8.59. The van der Waals surface area contributed by atoms with Crippen LogP contribution in [0.1, 0.15) is 63.8 Å². The lowest BCUT2D eigenvalue weighted by atomic mass is 9.81. The highest BCUT2D eigenvalue weighted by atomic mass is 16.3. The molecule has 7 aromatic rings. The van der Waals surface area contributed by atoms with Gasteiger partial charge in [0.1, 0.15) is 11.2 Å². The Morgan fingerprint density at radius 3 is 2.04 bits per heavy atom. The Hall–Kier alpha value is -5.60. The molecule has 0 radical (unpaired) electrons. The molecule has 0 fully saturated rings. The van der Waals surface area contributed by atoms with Crippen molar-refractivity contribution >= 4 is 44.6 Å². The van der Waals surface area contributed by atoms with Gasteiger partial charge in [0.05, 0.1) is 11.1 Å². The van der Waals surface area contributed by atoms with Crippen LogP contribution in [0.4, 0.5) is 17.1 Å². The number of allylic oxidation sites excluding steroid dienone is 4. The van der Waals surface area contributed by atoms with Crippen LogP contribution >= 0.6 is 0 Å². The van der Waals surface area contributed by atoms with Gasteiger partial charge >= 0.3 is 0 Å². The summed E-state index contributed by atoms with van der Waals surface area (Å²) in [6.45, 7) is 13.7. The molecule has 6 aromatic carbocycles. The van der Waals surface area contributed by atoms with Crippen molar-refractivity contribution in [1.82, 2.24) is 0 Å². The second-order valence-electron chi connectivity index (χ2n) is 15.0. The van der Waals surface area contributed by atoms with Crippen molar-refractivity contribution in [3.63, 3.8) is 0 Å². The van der Waals surface area contributed by atoms with Crippen LogP contribution in [0.2, 0.25) is 0 Å². The summed E-state index contributed by atoms with van der Waals surface area (Å²) in [5, 5.41) is 2.27. The van der Waals surface area contributed by atoms with E-state index in [2.05, 4.69) is 186 Å². The maximum absolute atomic E-state index is 6.73. The number of hydrogen-bond acceptors (Lipinski definition) is 2. The molecular formula is C48H41NO. The lowest BCUT2D eigenvalue weighted by Gasteiger charge is -2.29. The van der Waals surface area contributed by atoms with Crippen molar-refractivity contribution in [3.05, 3.63) is 167 Å². The summed E-state index contributed by atoms with van der Waals surface area (Å²) in [6.07, 6.45) is 4.42. The number of hydrogen-bond donors (Lipinski definition) is 0. The summed E-state index contributed by atoms with van der Waals surface area (Å²) in [6, 6.07) is 46.6. The summed E-state index contributed by atoms with van der Waals surface area (Å²) in [5.41, 5.74) is 18.1. The van der Waals surface area contributed by atoms with E-state index in [1.165, 1.54) is 55.7 Å². The van der Waals surface area contributed by atoms with Crippen LogP contribution in [0.3, 0.4) is 0 Å². The van der Waals surface area contributed by atoms with Crippen LogP contribution in [0, 0.1) is 0 Å². The number of rotatable bonds is 5. The second-order valence-corrected chi connectivity index (χ2v) is 15.0. The molecule has 50 heavy (non-hydrogen) atoms. The summed E-state index contributed by atoms with van der Waals surface area (Å²) in [4.78, 5) is 2.43. The van der Waals surface area contributed by atoms with Gasteiger partial charge in [-0.05, 0) is 112 Å². The molecule has 0 N–H and O–H groups in total. The first-order valence-electron chi connectivity index (χ1n) is 17.7. The Morgan fingerprint density at radius 1 is 0.560 bits per heavy atom. The molecule has 1 aromatic heterocycles. The number of nitrogens with zero attached hydrogens (tertiary/aromatic N) is 1. The molecule has 2 nitrogen and oxygen atoms in total. The molecule has 0 atom stereocenters. The lowest BCUT2D eigenvalue weighted by molar-refractivity contribution is 0.639. The smallest absolute Gasteiger partial charge is 0.137 e. The van der Waals surface area contributed by atoms with E-state index in [1.807, 2.05) is 0 Å². The third kappa shape index (κ3) is 4.34. The Labute approximate surface area is 295 Å². The van der Waals surface area contributed by atoms with Gasteiger partial charge in [0.25, 0.3) is 0 Å². The quantitative estimate of drug-likeness (QED) is 0.185. The molecule has 2 heteroatoms. The zero-order valence-electron chi connectivity index (χ0n) is 29.6. The van der Waals surface area contributed by atoms with Crippen LogP contribution in [-0.4, -0.2) is 0 Å².